The molecule has 1 aromatic rings. The van der Waals surface area contributed by atoms with Crippen molar-refractivity contribution in [2.75, 3.05) is 19.6 Å². The number of rotatable bonds is 2. The smallest absolute Gasteiger partial charge is 0.227 e. The van der Waals surface area contributed by atoms with Crippen molar-refractivity contribution in [1.29, 1.82) is 0 Å². The Morgan fingerprint density at radius 1 is 1.40 bits per heavy atom. The summed E-state index contributed by atoms with van der Waals surface area (Å²) >= 11 is 0. The fraction of sp³-hybridized carbons (Fsp3) is 0.733. The summed E-state index contributed by atoms with van der Waals surface area (Å²) in [4.78, 5) is 15.0. The minimum absolute atomic E-state index is 0.0692. The minimum atomic E-state index is 0.0692. The molecule has 3 rings (SSSR count). The molecule has 0 spiro atoms. The van der Waals surface area contributed by atoms with E-state index in [-0.39, 0.29) is 11.8 Å². The molecule has 5 nitrogen and oxygen atoms in total. The fourth-order valence-electron chi connectivity index (χ4n) is 3.56. The van der Waals surface area contributed by atoms with E-state index in [1.54, 1.807) is 0 Å². The molecule has 2 saturated heterocycles. The number of aryl methyl sites for hydroxylation is 1. The van der Waals surface area contributed by atoms with Gasteiger partial charge in [-0.15, -0.1) is 0 Å². The molecular weight excluding hydrogens is 252 g/mol. The van der Waals surface area contributed by atoms with Gasteiger partial charge in [0.2, 0.25) is 5.91 Å². The highest BCUT2D eigenvalue weighted by Crippen LogP contribution is 2.31. The number of piperidine rings is 1. The van der Waals surface area contributed by atoms with Gasteiger partial charge in [-0.3, -0.25) is 9.48 Å². The highest BCUT2D eigenvalue weighted by atomic mass is 16.2. The first-order valence-corrected chi connectivity index (χ1v) is 7.66. The summed E-state index contributed by atoms with van der Waals surface area (Å²) in [6.45, 7) is 4.78. The topological polar surface area (TPSA) is 50.2 Å². The predicted octanol–water partition coefficient (Wildman–Crippen LogP) is 1.12. The van der Waals surface area contributed by atoms with Crippen molar-refractivity contribution in [1.82, 2.24) is 20.0 Å². The summed E-state index contributed by atoms with van der Waals surface area (Å²) in [5.74, 6) is 0.668. The van der Waals surface area contributed by atoms with Crippen LogP contribution in [0.3, 0.4) is 0 Å². The van der Waals surface area contributed by atoms with Crippen LogP contribution in [0.2, 0.25) is 0 Å². The van der Waals surface area contributed by atoms with Gasteiger partial charge >= 0.3 is 0 Å². The molecular formula is C15H24N4O. The number of amides is 1. The molecule has 1 amide bonds. The van der Waals surface area contributed by atoms with Gasteiger partial charge < -0.3 is 10.2 Å². The molecule has 110 valence electrons. The lowest BCUT2D eigenvalue weighted by Crippen LogP contribution is -2.46. The summed E-state index contributed by atoms with van der Waals surface area (Å²) in [5, 5.41) is 7.63. The standard InChI is InChI=1S/C15H24N4O/c1-11-5-3-4-6-19(11)15(20)14-9-16-8-13(14)12-7-17-18(2)10-12/h7,10-11,13-14,16H,3-6,8-9H2,1-2H3/t11?,13-,14+/m1/s1. The number of carbonyl (C=O) groups is 1. The molecule has 2 aliphatic rings. The first-order chi connectivity index (χ1) is 9.66. The van der Waals surface area contributed by atoms with Gasteiger partial charge in [0.05, 0.1) is 12.1 Å². The van der Waals surface area contributed by atoms with Gasteiger partial charge in [0, 0.05) is 44.8 Å². The van der Waals surface area contributed by atoms with Crippen LogP contribution in [-0.4, -0.2) is 46.3 Å². The zero-order chi connectivity index (χ0) is 14.1. The van der Waals surface area contributed by atoms with E-state index in [2.05, 4.69) is 22.2 Å². The molecule has 0 aromatic carbocycles. The van der Waals surface area contributed by atoms with Crippen LogP contribution in [0.5, 0.6) is 0 Å². The van der Waals surface area contributed by atoms with Crippen molar-refractivity contribution < 1.29 is 4.79 Å². The normalized spacial score (nSPS) is 30.7. The second-order valence-electron chi connectivity index (χ2n) is 6.20. The number of hydrogen-bond donors (Lipinski definition) is 1. The zero-order valence-corrected chi connectivity index (χ0v) is 12.4. The average molecular weight is 276 g/mol. The molecule has 3 heterocycles. The number of aromatic nitrogens is 2. The van der Waals surface area contributed by atoms with E-state index in [9.17, 15) is 4.79 Å². The minimum Gasteiger partial charge on any atom is -0.340 e. The van der Waals surface area contributed by atoms with Crippen molar-refractivity contribution in [3.8, 4) is 0 Å². The van der Waals surface area contributed by atoms with Crippen LogP contribution in [0.15, 0.2) is 12.4 Å². The lowest BCUT2D eigenvalue weighted by Gasteiger charge is -2.36. The highest BCUT2D eigenvalue weighted by Gasteiger charge is 2.38. The Morgan fingerprint density at radius 3 is 2.95 bits per heavy atom. The second kappa shape index (κ2) is 5.56. The maximum Gasteiger partial charge on any atom is 0.227 e. The summed E-state index contributed by atoms with van der Waals surface area (Å²) < 4.78 is 1.82. The maximum absolute atomic E-state index is 12.9. The molecule has 0 radical (unpaired) electrons. The van der Waals surface area contributed by atoms with E-state index in [4.69, 9.17) is 0 Å². The van der Waals surface area contributed by atoms with Gasteiger partial charge in [-0.25, -0.2) is 0 Å². The highest BCUT2D eigenvalue weighted by molar-refractivity contribution is 5.81. The number of hydrogen-bond acceptors (Lipinski definition) is 3. The summed E-state index contributed by atoms with van der Waals surface area (Å²) in [6.07, 6.45) is 7.48. The fourth-order valence-corrected chi connectivity index (χ4v) is 3.56. The molecule has 3 atom stereocenters. The van der Waals surface area contributed by atoms with Gasteiger partial charge in [-0.05, 0) is 31.7 Å². The Bertz CT molecular complexity index is 484. The first kappa shape index (κ1) is 13.6. The Hall–Kier alpha value is -1.36. The first-order valence-electron chi connectivity index (χ1n) is 7.66. The molecule has 1 N–H and O–H groups in total. The number of carbonyl (C=O) groups excluding carboxylic acids is 1. The Labute approximate surface area is 120 Å². The number of nitrogens with zero attached hydrogens (tertiary/aromatic N) is 3. The van der Waals surface area contributed by atoms with Crippen molar-refractivity contribution in [3.05, 3.63) is 18.0 Å². The van der Waals surface area contributed by atoms with Crippen molar-refractivity contribution >= 4 is 5.91 Å². The van der Waals surface area contributed by atoms with Crippen LogP contribution < -0.4 is 5.32 Å². The van der Waals surface area contributed by atoms with E-state index < -0.39 is 0 Å². The molecule has 2 fully saturated rings. The predicted molar refractivity (Wildman–Crippen MR) is 77.3 cm³/mol. The quantitative estimate of drug-likeness (QED) is 0.881. The van der Waals surface area contributed by atoms with Crippen molar-refractivity contribution in [2.45, 2.75) is 38.1 Å². The van der Waals surface area contributed by atoms with Crippen LogP contribution in [0.4, 0.5) is 0 Å². The number of likely N-dealkylation sites (tertiary alicyclic amines) is 1. The largest absolute Gasteiger partial charge is 0.340 e. The van der Waals surface area contributed by atoms with E-state index in [0.717, 1.165) is 32.5 Å². The van der Waals surface area contributed by atoms with Gasteiger partial charge in [0.25, 0.3) is 0 Å². The second-order valence-corrected chi connectivity index (χ2v) is 6.20. The molecule has 0 bridgehead atoms. The molecule has 2 aliphatic heterocycles. The average Bonchev–Trinajstić information content (AvgIpc) is 3.06. The monoisotopic (exact) mass is 276 g/mol. The van der Waals surface area contributed by atoms with Crippen LogP contribution in [0.25, 0.3) is 0 Å². The third kappa shape index (κ3) is 2.46. The van der Waals surface area contributed by atoms with Crippen LogP contribution in [0.1, 0.15) is 37.7 Å². The Morgan fingerprint density at radius 2 is 2.25 bits per heavy atom. The Kier molecular flexibility index (Phi) is 3.78. The van der Waals surface area contributed by atoms with Crippen LogP contribution in [-0.2, 0) is 11.8 Å². The van der Waals surface area contributed by atoms with Crippen molar-refractivity contribution in [3.63, 3.8) is 0 Å². The Balaban J connectivity index is 1.76. The van der Waals surface area contributed by atoms with E-state index in [1.165, 1.54) is 12.0 Å². The molecule has 0 saturated carbocycles. The molecule has 20 heavy (non-hydrogen) atoms. The molecule has 0 aliphatic carbocycles. The third-order valence-electron chi connectivity index (χ3n) is 4.77. The van der Waals surface area contributed by atoms with E-state index in [0.29, 0.717) is 11.9 Å². The van der Waals surface area contributed by atoms with Gasteiger partial charge in [0.15, 0.2) is 0 Å². The molecule has 1 aromatic heterocycles. The van der Waals surface area contributed by atoms with E-state index in [1.807, 2.05) is 24.1 Å². The number of nitrogens with one attached hydrogen (secondary N) is 1. The van der Waals surface area contributed by atoms with Gasteiger partial charge in [0.1, 0.15) is 0 Å². The SMILES string of the molecule is CC1CCCCN1C(=O)[C@H]1CNC[C@@H]1c1cnn(C)c1. The van der Waals surface area contributed by atoms with Gasteiger partial charge in [-0.1, -0.05) is 0 Å². The third-order valence-corrected chi connectivity index (χ3v) is 4.77. The summed E-state index contributed by atoms with van der Waals surface area (Å²) in [7, 11) is 1.93. The maximum atomic E-state index is 12.9. The summed E-state index contributed by atoms with van der Waals surface area (Å²) in [5.41, 5.74) is 1.18. The van der Waals surface area contributed by atoms with Crippen LogP contribution in [0, 0.1) is 5.92 Å². The lowest BCUT2D eigenvalue weighted by molar-refractivity contribution is -0.138. The van der Waals surface area contributed by atoms with Crippen LogP contribution >= 0.6 is 0 Å². The molecule has 5 heteroatoms. The van der Waals surface area contributed by atoms with Crippen molar-refractivity contribution in [2.24, 2.45) is 13.0 Å². The van der Waals surface area contributed by atoms with Gasteiger partial charge in [-0.2, -0.15) is 5.10 Å². The summed E-state index contributed by atoms with van der Waals surface area (Å²) in [6, 6.07) is 0.395. The van der Waals surface area contributed by atoms with E-state index >= 15 is 0 Å². The lowest BCUT2D eigenvalue weighted by atomic mass is 9.88. The molecule has 1 unspecified atom stereocenters. The zero-order valence-electron chi connectivity index (χ0n) is 12.4.